The Morgan fingerprint density at radius 2 is 2.00 bits per heavy atom. The van der Waals surface area contributed by atoms with Gasteiger partial charge in [0, 0.05) is 24.3 Å². The normalized spacial score (nSPS) is 12.8. The predicted molar refractivity (Wildman–Crippen MR) is 80.6 cm³/mol. The maximum Gasteiger partial charge on any atom is 0.0839 e. The van der Waals surface area contributed by atoms with E-state index in [0.29, 0.717) is 0 Å². The van der Waals surface area contributed by atoms with Crippen LogP contribution in [0.5, 0.6) is 0 Å². The van der Waals surface area contributed by atoms with Crippen molar-refractivity contribution in [3.63, 3.8) is 0 Å². The molecular weight excluding hydrogens is 248 g/mol. The second kappa shape index (κ2) is 5.06. The zero-order valence-corrected chi connectivity index (χ0v) is 12.0. The van der Waals surface area contributed by atoms with Crippen molar-refractivity contribution in [2.24, 2.45) is 7.05 Å². The first-order chi connectivity index (χ1) is 9.69. The monoisotopic (exact) mass is 266 g/mol. The molecule has 0 saturated carbocycles. The molecule has 0 aliphatic rings. The molecule has 3 rings (SSSR count). The second-order valence-corrected chi connectivity index (χ2v) is 5.01. The third-order valence-corrected chi connectivity index (χ3v) is 3.51. The van der Waals surface area contributed by atoms with E-state index in [1.807, 2.05) is 50.1 Å². The Bertz CT molecular complexity index is 745. The minimum absolute atomic E-state index is 0.0720. The van der Waals surface area contributed by atoms with Gasteiger partial charge in [0.15, 0.2) is 0 Å². The lowest BCUT2D eigenvalue weighted by molar-refractivity contribution is 0.644. The van der Waals surface area contributed by atoms with Crippen molar-refractivity contribution in [2.75, 3.05) is 7.05 Å². The highest BCUT2D eigenvalue weighted by atomic mass is 15.3. The molecular formula is C16H18N4. The molecule has 0 aliphatic heterocycles. The van der Waals surface area contributed by atoms with Crippen LogP contribution in [-0.4, -0.2) is 21.8 Å². The van der Waals surface area contributed by atoms with Crippen LogP contribution in [0.25, 0.3) is 10.9 Å². The number of aromatic nitrogens is 3. The Morgan fingerprint density at radius 3 is 2.70 bits per heavy atom. The molecule has 2 heterocycles. The van der Waals surface area contributed by atoms with E-state index >= 15 is 0 Å². The summed E-state index contributed by atoms with van der Waals surface area (Å²) in [5.41, 5.74) is 4.29. The summed E-state index contributed by atoms with van der Waals surface area (Å²) in [4.78, 5) is 4.60. The molecule has 0 saturated heterocycles. The highest BCUT2D eigenvalue weighted by molar-refractivity contribution is 5.83. The maximum atomic E-state index is 4.60. The number of benzene rings is 1. The fourth-order valence-corrected chi connectivity index (χ4v) is 2.63. The Hall–Kier alpha value is -2.20. The van der Waals surface area contributed by atoms with Crippen LogP contribution in [-0.2, 0) is 7.05 Å². The summed E-state index contributed by atoms with van der Waals surface area (Å²) < 4.78 is 1.83. The molecule has 1 aromatic carbocycles. The van der Waals surface area contributed by atoms with Crippen molar-refractivity contribution in [3.05, 3.63) is 59.5 Å². The minimum atomic E-state index is 0.0720. The summed E-state index contributed by atoms with van der Waals surface area (Å²) in [7, 11) is 3.90. The van der Waals surface area contributed by atoms with Gasteiger partial charge in [-0.2, -0.15) is 5.10 Å². The lowest BCUT2D eigenvalue weighted by atomic mass is 9.98. The van der Waals surface area contributed by atoms with E-state index in [1.54, 1.807) is 0 Å². The van der Waals surface area contributed by atoms with Gasteiger partial charge in [0.1, 0.15) is 0 Å². The molecule has 20 heavy (non-hydrogen) atoms. The van der Waals surface area contributed by atoms with Crippen molar-refractivity contribution in [2.45, 2.75) is 13.0 Å². The van der Waals surface area contributed by atoms with Crippen LogP contribution in [0.1, 0.15) is 23.0 Å². The molecule has 4 nitrogen and oxygen atoms in total. The van der Waals surface area contributed by atoms with E-state index in [4.69, 9.17) is 0 Å². The van der Waals surface area contributed by atoms with Crippen LogP contribution in [0.15, 0.2) is 42.6 Å². The van der Waals surface area contributed by atoms with E-state index in [2.05, 4.69) is 33.6 Å². The zero-order valence-electron chi connectivity index (χ0n) is 12.0. The van der Waals surface area contributed by atoms with E-state index in [1.165, 1.54) is 10.9 Å². The van der Waals surface area contributed by atoms with Crippen LogP contribution < -0.4 is 5.32 Å². The number of aryl methyl sites for hydroxylation is 2. The highest BCUT2D eigenvalue weighted by Crippen LogP contribution is 2.27. The fourth-order valence-electron chi connectivity index (χ4n) is 2.63. The van der Waals surface area contributed by atoms with Crippen molar-refractivity contribution in [1.29, 1.82) is 0 Å². The summed E-state index contributed by atoms with van der Waals surface area (Å²) >= 11 is 0. The predicted octanol–water partition coefficient (Wildman–Crippen LogP) is 2.59. The minimum Gasteiger partial charge on any atom is -0.308 e. The number of nitrogens with zero attached hydrogens (tertiary/aromatic N) is 3. The van der Waals surface area contributed by atoms with Gasteiger partial charge in [-0.1, -0.05) is 18.2 Å². The van der Waals surface area contributed by atoms with Crippen LogP contribution in [0.2, 0.25) is 0 Å². The number of rotatable bonds is 3. The van der Waals surface area contributed by atoms with Crippen LogP contribution in [0, 0.1) is 6.92 Å². The second-order valence-electron chi connectivity index (χ2n) is 5.01. The van der Waals surface area contributed by atoms with Crippen LogP contribution in [0.3, 0.4) is 0 Å². The topological polar surface area (TPSA) is 42.7 Å². The van der Waals surface area contributed by atoms with Gasteiger partial charge < -0.3 is 5.32 Å². The number of fused-ring (bicyclic) bond motifs is 1. The molecule has 0 radical (unpaired) electrons. The largest absolute Gasteiger partial charge is 0.308 e. The number of hydrogen-bond acceptors (Lipinski definition) is 3. The number of hydrogen-bond donors (Lipinski definition) is 1. The van der Waals surface area contributed by atoms with Crippen LogP contribution in [0.4, 0.5) is 0 Å². The first-order valence-electron chi connectivity index (χ1n) is 6.72. The summed E-state index contributed by atoms with van der Waals surface area (Å²) in [6, 6.07) is 12.5. The smallest absolute Gasteiger partial charge is 0.0839 e. The lowest BCUT2D eigenvalue weighted by Gasteiger charge is -2.17. The van der Waals surface area contributed by atoms with E-state index < -0.39 is 0 Å². The third-order valence-electron chi connectivity index (χ3n) is 3.51. The molecule has 102 valence electrons. The van der Waals surface area contributed by atoms with E-state index in [9.17, 15) is 0 Å². The quantitative estimate of drug-likeness (QED) is 0.792. The fraction of sp³-hybridized carbons (Fsp3) is 0.250. The molecule has 0 aliphatic carbocycles. The van der Waals surface area contributed by atoms with Gasteiger partial charge >= 0.3 is 0 Å². The summed E-state index contributed by atoms with van der Waals surface area (Å²) in [5.74, 6) is 0. The van der Waals surface area contributed by atoms with Gasteiger partial charge in [-0.05, 0) is 37.7 Å². The van der Waals surface area contributed by atoms with Crippen LogP contribution >= 0.6 is 0 Å². The average molecular weight is 266 g/mol. The molecule has 0 amide bonds. The van der Waals surface area contributed by atoms with Gasteiger partial charge in [-0.15, -0.1) is 0 Å². The van der Waals surface area contributed by atoms with Crippen molar-refractivity contribution in [3.8, 4) is 0 Å². The van der Waals surface area contributed by atoms with Gasteiger partial charge in [0.2, 0.25) is 0 Å². The number of pyridine rings is 1. The van der Waals surface area contributed by atoms with Gasteiger partial charge in [0.25, 0.3) is 0 Å². The molecule has 3 aromatic rings. The highest BCUT2D eigenvalue weighted by Gasteiger charge is 2.18. The van der Waals surface area contributed by atoms with Gasteiger partial charge in [-0.25, -0.2) is 0 Å². The van der Waals surface area contributed by atoms with Gasteiger partial charge in [0.05, 0.1) is 17.3 Å². The number of para-hydroxylation sites is 1. The average Bonchev–Trinajstić information content (AvgIpc) is 2.86. The molecule has 1 N–H and O–H groups in total. The Balaban J connectivity index is 2.21. The molecule has 0 bridgehead atoms. The van der Waals surface area contributed by atoms with Crippen molar-refractivity contribution >= 4 is 10.9 Å². The molecule has 1 atom stereocenters. The summed E-state index contributed by atoms with van der Waals surface area (Å²) in [5, 5.41) is 9.06. The summed E-state index contributed by atoms with van der Waals surface area (Å²) in [6.07, 6.45) is 1.97. The molecule has 4 heteroatoms. The van der Waals surface area contributed by atoms with Gasteiger partial charge in [-0.3, -0.25) is 9.67 Å². The molecule has 0 fully saturated rings. The maximum absolute atomic E-state index is 4.60. The number of nitrogens with one attached hydrogen (secondary N) is 1. The summed E-state index contributed by atoms with van der Waals surface area (Å²) in [6.45, 7) is 2.03. The zero-order chi connectivity index (χ0) is 14.1. The standard InChI is InChI=1S/C16H18N4/c1-11-10-13(12-6-4-5-7-14(12)18-11)16(17-2)15-8-9-20(3)19-15/h4-10,16-17H,1-3H3. The third kappa shape index (κ3) is 2.18. The SMILES string of the molecule is CNC(c1ccn(C)n1)c1cc(C)nc2ccccc12. The molecule has 0 spiro atoms. The molecule has 2 aromatic heterocycles. The molecule has 1 unspecified atom stereocenters. The first kappa shape index (κ1) is 12.8. The van der Waals surface area contributed by atoms with Crippen molar-refractivity contribution < 1.29 is 0 Å². The Labute approximate surface area is 118 Å². The van der Waals surface area contributed by atoms with Crippen molar-refractivity contribution in [1.82, 2.24) is 20.1 Å². The van der Waals surface area contributed by atoms with E-state index in [-0.39, 0.29) is 6.04 Å². The Morgan fingerprint density at radius 1 is 1.20 bits per heavy atom. The Kier molecular flexibility index (Phi) is 3.24. The first-order valence-corrected chi connectivity index (χ1v) is 6.72. The lowest BCUT2D eigenvalue weighted by Crippen LogP contribution is -2.19. The van der Waals surface area contributed by atoms with E-state index in [0.717, 1.165) is 16.9 Å².